The van der Waals surface area contributed by atoms with Gasteiger partial charge in [-0.2, -0.15) is 0 Å². The normalized spacial score (nSPS) is 14.5. The van der Waals surface area contributed by atoms with Crippen LogP contribution >= 0.6 is 0 Å². The van der Waals surface area contributed by atoms with Crippen molar-refractivity contribution in [1.82, 2.24) is 14.5 Å². The topological polar surface area (TPSA) is 76.8 Å². The predicted molar refractivity (Wildman–Crippen MR) is 106 cm³/mol. The summed E-state index contributed by atoms with van der Waals surface area (Å²) in [5.41, 5.74) is 1.61. The van der Waals surface area contributed by atoms with Gasteiger partial charge in [0, 0.05) is 38.7 Å². The number of aromatic hydroxyl groups is 1. The van der Waals surface area contributed by atoms with Gasteiger partial charge in [-0.3, -0.25) is 14.3 Å². The number of phenolic OH excluding ortho intramolecular Hbond substituents is 1. The highest BCUT2D eigenvalue weighted by molar-refractivity contribution is 5.82. The molecule has 28 heavy (non-hydrogen) atoms. The second kappa shape index (κ2) is 7.52. The molecule has 1 aliphatic heterocycles. The molecule has 0 saturated heterocycles. The minimum atomic E-state index is -0.0554. The average Bonchev–Trinajstić information content (AvgIpc) is 2.90. The number of ether oxygens (including phenoxy) is 2. The van der Waals surface area contributed by atoms with Gasteiger partial charge in [0.2, 0.25) is 0 Å². The largest absolute Gasteiger partial charge is 0.508 e. The fraction of sp³-hybridized carbons (Fsp3) is 0.333. The Morgan fingerprint density at radius 1 is 1.07 bits per heavy atom. The van der Waals surface area contributed by atoms with E-state index in [1.54, 1.807) is 43.1 Å². The Hall–Kier alpha value is -3.06. The fourth-order valence-corrected chi connectivity index (χ4v) is 3.70. The summed E-state index contributed by atoms with van der Waals surface area (Å²) >= 11 is 0. The number of methoxy groups -OCH3 is 2. The van der Waals surface area contributed by atoms with Crippen LogP contribution in [0.1, 0.15) is 11.4 Å². The number of aromatic nitrogens is 2. The molecule has 4 rings (SSSR count). The van der Waals surface area contributed by atoms with E-state index in [1.165, 1.54) is 0 Å². The molecule has 0 aliphatic carbocycles. The van der Waals surface area contributed by atoms with Crippen LogP contribution in [-0.2, 0) is 19.5 Å². The summed E-state index contributed by atoms with van der Waals surface area (Å²) in [4.78, 5) is 20.1. The zero-order valence-electron chi connectivity index (χ0n) is 16.0. The van der Waals surface area contributed by atoms with Crippen molar-refractivity contribution < 1.29 is 14.6 Å². The zero-order chi connectivity index (χ0) is 19.7. The van der Waals surface area contributed by atoms with Crippen LogP contribution < -0.4 is 15.0 Å². The van der Waals surface area contributed by atoms with E-state index in [-0.39, 0.29) is 11.3 Å². The highest BCUT2D eigenvalue weighted by Gasteiger charge is 2.19. The molecule has 0 bridgehead atoms. The molecule has 0 fully saturated rings. The molecule has 3 aromatic rings. The Morgan fingerprint density at radius 2 is 1.86 bits per heavy atom. The van der Waals surface area contributed by atoms with Crippen molar-refractivity contribution in [2.45, 2.75) is 19.5 Å². The maximum absolute atomic E-state index is 13.1. The van der Waals surface area contributed by atoms with Gasteiger partial charge >= 0.3 is 0 Å². The molecule has 1 N–H and O–H groups in total. The van der Waals surface area contributed by atoms with Crippen LogP contribution in [0, 0.1) is 0 Å². The monoisotopic (exact) mass is 381 g/mol. The van der Waals surface area contributed by atoms with Gasteiger partial charge in [0.15, 0.2) is 11.5 Å². The molecule has 2 heterocycles. The summed E-state index contributed by atoms with van der Waals surface area (Å²) < 4.78 is 12.4. The van der Waals surface area contributed by atoms with Gasteiger partial charge in [-0.25, -0.2) is 4.98 Å². The van der Waals surface area contributed by atoms with Gasteiger partial charge in [-0.1, -0.05) is 12.1 Å². The molecule has 1 aliphatic rings. The van der Waals surface area contributed by atoms with Crippen molar-refractivity contribution in [3.05, 3.63) is 58.1 Å². The molecule has 2 aromatic carbocycles. The molecule has 0 spiro atoms. The van der Waals surface area contributed by atoms with E-state index < -0.39 is 0 Å². The molecular weight excluding hydrogens is 358 g/mol. The van der Waals surface area contributed by atoms with E-state index in [1.807, 2.05) is 12.1 Å². The molecule has 0 amide bonds. The third kappa shape index (κ3) is 3.41. The van der Waals surface area contributed by atoms with Crippen molar-refractivity contribution in [2.24, 2.45) is 0 Å². The fourth-order valence-electron chi connectivity index (χ4n) is 3.70. The number of benzene rings is 2. The third-order valence-electron chi connectivity index (χ3n) is 5.15. The standard InChI is InChI=1S/C21H23N3O4/c1-27-18-11-16-17(12-19(18)28-2)22-20-6-7-23(8-9-24(20)21(16)26)13-14-4-3-5-15(25)10-14/h3-5,10-12,25H,6-9,13H2,1-2H3. The zero-order valence-corrected chi connectivity index (χ0v) is 16.0. The lowest BCUT2D eigenvalue weighted by Crippen LogP contribution is -2.28. The molecule has 0 saturated carbocycles. The first-order valence-corrected chi connectivity index (χ1v) is 9.24. The molecule has 0 radical (unpaired) electrons. The van der Waals surface area contributed by atoms with Gasteiger partial charge in [0.05, 0.1) is 25.1 Å². The summed E-state index contributed by atoms with van der Waals surface area (Å²) in [6.45, 7) is 2.83. The Bertz CT molecular complexity index is 1080. The van der Waals surface area contributed by atoms with E-state index in [2.05, 4.69) is 4.90 Å². The van der Waals surface area contributed by atoms with Crippen LogP contribution in [0.25, 0.3) is 10.9 Å². The van der Waals surface area contributed by atoms with E-state index >= 15 is 0 Å². The Balaban J connectivity index is 1.65. The first kappa shape index (κ1) is 18.3. The van der Waals surface area contributed by atoms with Crippen molar-refractivity contribution in [2.75, 3.05) is 27.3 Å². The maximum atomic E-state index is 13.1. The lowest BCUT2D eigenvalue weighted by atomic mass is 10.2. The van der Waals surface area contributed by atoms with Crippen molar-refractivity contribution in [3.8, 4) is 17.2 Å². The first-order valence-electron chi connectivity index (χ1n) is 9.24. The van der Waals surface area contributed by atoms with E-state index in [0.717, 1.165) is 31.0 Å². The smallest absolute Gasteiger partial charge is 0.261 e. The summed E-state index contributed by atoms with van der Waals surface area (Å²) in [6, 6.07) is 10.7. The van der Waals surface area contributed by atoms with Crippen LogP contribution in [0.5, 0.6) is 17.2 Å². The molecule has 146 valence electrons. The highest BCUT2D eigenvalue weighted by Crippen LogP contribution is 2.30. The minimum Gasteiger partial charge on any atom is -0.508 e. The number of rotatable bonds is 4. The molecule has 0 unspecified atom stereocenters. The van der Waals surface area contributed by atoms with E-state index in [9.17, 15) is 9.90 Å². The first-order chi connectivity index (χ1) is 13.6. The second-order valence-corrected chi connectivity index (χ2v) is 6.91. The molecule has 1 aromatic heterocycles. The van der Waals surface area contributed by atoms with Gasteiger partial charge in [-0.15, -0.1) is 0 Å². The van der Waals surface area contributed by atoms with Gasteiger partial charge in [-0.05, 0) is 23.8 Å². The Kier molecular flexibility index (Phi) is 4.92. The van der Waals surface area contributed by atoms with E-state index in [0.29, 0.717) is 35.4 Å². The van der Waals surface area contributed by atoms with Gasteiger partial charge in [0.25, 0.3) is 5.56 Å². The highest BCUT2D eigenvalue weighted by atomic mass is 16.5. The summed E-state index contributed by atoms with van der Waals surface area (Å²) in [5, 5.41) is 10.2. The van der Waals surface area contributed by atoms with Crippen LogP contribution in [0.15, 0.2) is 41.2 Å². The Morgan fingerprint density at radius 3 is 2.61 bits per heavy atom. The van der Waals surface area contributed by atoms with E-state index in [4.69, 9.17) is 14.5 Å². The van der Waals surface area contributed by atoms with Crippen LogP contribution in [0.2, 0.25) is 0 Å². The number of hydrogen-bond acceptors (Lipinski definition) is 6. The quantitative estimate of drug-likeness (QED) is 0.747. The van der Waals surface area contributed by atoms with Crippen molar-refractivity contribution >= 4 is 10.9 Å². The lowest BCUT2D eigenvalue weighted by molar-refractivity contribution is 0.271. The summed E-state index contributed by atoms with van der Waals surface area (Å²) in [7, 11) is 3.12. The number of phenols is 1. The number of nitrogens with zero attached hydrogens (tertiary/aromatic N) is 3. The number of hydrogen-bond donors (Lipinski definition) is 1. The number of fused-ring (bicyclic) bond motifs is 2. The van der Waals surface area contributed by atoms with Crippen molar-refractivity contribution in [1.29, 1.82) is 0 Å². The van der Waals surface area contributed by atoms with Gasteiger partial charge < -0.3 is 14.6 Å². The van der Waals surface area contributed by atoms with Crippen LogP contribution in [-0.4, -0.2) is 46.9 Å². The van der Waals surface area contributed by atoms with Crippen molar-refractivity contribution in [3.63, 3.8) is 0 Å². The SMILES string of the molecule is COc1cc2nc3n(c(=O)c2cc1OC)CCN(Cc1cccc(O)c1)CC3. The van der Waals surface area contributed by atoms with Gasteiger partial charge in [0.1, 0.15) is 11.6 Å². The Labute approximate surface area is 162 Å². The summed E-state index contributed by atoms with van der Waals surface area (Å²) in [6.07, 6.45) is 0.679. The second-order valence-electron chi connectivity index (χ2n) is 6.91. The third-order valence-corrected chi connectivity index (χ3v) is 5.15. The molecule has 7 nitrogen and oxygen atoms in total. The maximum Gasteiger partial charge on any atom is 0.261 e. The predicted octanol–water partition coefficient (Wildman–Crippen LogP) is 2.18. The molecule has 0 atom stereocenters. The minimum absolute atomic E-state index is 0.0554. The molecular formula is C21H23N3O4. The molecule has 7 heteroatoms. The van der Waals surface area contributed by atoms with Crippen LogP contribution in [0.4, 0.5) is 0 Å². The average molecular weight is 381 g/mol. The lowest BCUT2D eigenvalue weighted by Gasteiger charge is -2.19. The van der Waals surface area contributed by atoms with Crippen LogP contribution in [0.3, 0.4) is 0 Å². The summed E-state index contributed by atoms with van der Waals surface area (Å²) in [5.74, 6) is 2.13.